The van der Waals surface area contributed by atoms with Gasteiger partial charge in [-0.15, -0.1) is 11.8 Å². The number of carbonyl (C=O) groups is 2. The maximum atomic E-state index is 11.9. The van der Waals surface area contributed by atoms with E-state index in [1.807, 2.05) is 0 Å². The van der Waals surface area contributed by atoms with E-state index in [0.29, 0.717) is 19.6 Å². The van der Waals surface area contributed by atoms with Crippen LogP contribution in [0.1, 0.15) is 10.4 Å². The number of nitro groups is 1. The number of aliphatic hydroxyl groups is 1. The third-order valence-corrected chi connectivity index (χ3v) is 4.73. The number of nitrogens with zero attached hydrogens (tertiary/aromatic N) is 1. The molecular weight excluding hydrogens is 336 g/mol. The van der Waals surface area contributed by atoms with Gasteiger partial charge in [0, 0.05) is 37.2 Å². The number of β-amino-alcohol motifs (C(OH)–C–C–N with tert-alkyl or cyclic N) is 1. The van der Waals surface area contributed by atoms with Crippen molar-refractivity contribution in [3.05, 3.63) is 33.9 Å². The van der Waals surface area contributed by atoms with Crippen LogP contribution >= 0.6 is 11.8 Å². The molecule has 10 heteroatoms. The van der Waals surface area contributed by atoms with Gasteiger partial charge in [0.1, 0.15) is 0 Å². The highest BCUT2D eigenvalue weighted by Gasteiger charge is 2.25. The molecule has 0 aromatic heterocycles. The standard InChI is InChI=1S/C14H18N4O5S/c15-14(21)8-1-2-12(10(3-8)18(22)23)24-7-13(20)17-5-9-4-16-6-11(9)19/h1-3,9,11,16,19H,4-7H2,(H2,15,21)(H,17,20). The van der Waals surface area contributed by atoms with Crippen molar-refractivity contribution in [3.8, 4) is 0 Å². The minimum atomic E-state index is -0.754. The Morgan fingerprint density at radius 1 is 1.46 bits per heavy atom. The molecule has 1 saturated heterocycles. The van der Waals surface area contributed by atoms with Crippen molar-refractivity contribution >= 4 is 29.3 Å². The van der Waals surface area contributed by atoms with Crippen molar-refractivity contribution in [2.24, 2.45) is 11.7 Å². The molecule has 2 unspecified atom stereocenters. The molecule has 1 heterocycles. The van der Waals surface area contributed by atoms with E-state index >= 15 is 0 Å². The first-order chi connectivity index (χ1) is 11.4. The number of primary amides is 1. The molecular formula is C14H18N4O5S. The van der Waals surface area contributed by atoms with Gasteiger partial charge in [0.05, 0.1) is 21.7 Å². The predicted molar refractivity (Wildman–Crippen MR) is 87.7 cm³/mol. The van der Waals surface area contributed by atoms with Crippen LogP contribution < -0.4 is 16.4 Å². The fourth-order valence-corrected chi connectivity index (χ4v) is 3.14. The lowest BCUT2D eigenvalue weighted by molar-refractivity contribution is -0.387. The summed E-state index contributed by atoms with van der Waals surface area (Å²) in [6.45, 7) is 1.48. The summed E-state index contributed by atoms with van der Waals surface area (Å²) in [7, 11) is 0. The average molecular weight is 354 g/mol. The molecule has 130 valence electrons. The lowest BCUT2D eigenvalue weighted by Gasteiger charge is -2.14. The number of nitro benzene ring substituents is 1. The van der Waals surface area contributed by atoms with Gasteiger partial charge in [0.2, 0.25) is 11.8 Å². The molecule has 2 amide bonds. The summed E-state index contributed by atoms with van der Waals surface area (Å²) in [5, 5.41) is 26.4. The van der Waals surface area contributed by atoms with Crippen LogP contribution in [0.2, 0.25) is 0 Å². The summed E-state index contributed by atoms with van der Waals surface area (Å²) in [6, 6.07) is 3.89. The molecule has 1 aromatic rings. The van der Waals surface area contributed by atoms with E-state index in [0.717, 1.165) is 17.8 Å². The first kappa shape index (κ1) is 18.2. The van der Waals surface area contributed by atoms with E-state index in [-0.39, 0.29) is 33.7 Å². The average Bonchev–Trinajstić information content (AvgIpc) is 2.95. The van der Waals surface area contributed by atoms with Crippen molar-refractivity contribution in [3.63, 3.8) is 0 Å². The number of aliphatic hydroxyl groups excluding tert-OH is 1. The van der Waals surface area contributed by atoms with Crippen molar-refractivity contribution in [1.82, 2.24) is 10.6 Å². The minimum Gasteiger partial charge on any atom is -0.391 e. The topological polar surface area (TPSA) is 148 Å². The van der Waals surface area contributed by atoms with Gasteiger partial charge in [-0.3, -0.25) is 19.7 Å². The first-order valence-electron chi connectivity index (χ1n) is 7.25. The third-order valence-electron chi connectivity index (χ3n) is 3.66. The lowest BCUT2D eigenvalue weighted by atomic mass is 10.1. The number of benzene rings is 1. The molecule has 1 aliphatic rings. The number of hydrogen-bond acceptors (Lipinski definition) is 7. The van der Waals surface area contributed by atoms with Crippen LogP contribution in [-0.2, 0) is 4.79 Å². The van der Waals surface area contributed by atoms with Gasteiger partial charge < -0.3 is 21.5 Å². The second-order valence-corrected chi connectivity index (χ2v) is 6.40. The Balaban J connectivity index is 1.92. The number of hydrogen-bond donors (Lipinski definition) is 4. The second-order valence-electron chi connectivity index (χ2n) is 5.38. The Hall–Kier alpha value is -2.17. The molecule has 5 N–H and O–H groups in total. The Morgan fingerprint density at radius 2 is 2.21 bits per heavy atom. The van der Waals surface area contributed by atoms with Crippen LogP contribution in [0.25, 0.3) is 0 Å². The van der Waals surface area contributed by atoms with Crippen LogP contribution in [-0.4, -0.2) is 53.3 Å². The van der Waals surface area contributed by atoms with E-state index in [9.17, 15) is 24.8 Å². The molecule has 2 atom stereocenters. The van der Waals surface area contributed by atoms with E-state index in [1.54, 1.807) is 0 Å². The van der Waals surface area contributed by atoms with Gasteiger partial charge in [-0.05, 0) is 12.1 Å². The van der Waals surface area contributed by atoms with Crippen LogP contribution in [0.3, 0.4) is 0 Å². The monoisotopic (exact) mass is 354 g/mol. The van der Waals surface area contributed by atoms with Crippen LogP contribution in [0, 0.1) is 16.0 Å². The lowest BCUT2D eigenvalue weighted by Crippen LogP contribution is -2.35. The van der Waals surface area contributed by atoms with E-state index in [2.05, 4.69) is 10.6 Å². The second kappa shape index (κ2) is 8.08. The summed E-state index contributed by atoms with van der Waals surface area (Å²) in [4.78, 5) is 33.7. The molecule has 0 aliphatic carbocycles. The normalized spacial score (nSPS) is 19.9. The largest absolute Gasteiger partial charge is 0.391 e. The number of nitrogens with two attached hydrogens (primary N) is 1. The zero-order chi connectivity index (χ0) is 17.7. The quantitative estimate of drug-likeness (QED) is 0.292. The smallest absolute Gasteiger partial charge is 0.283 e. The van der Waals surface area contributed by atoms with Crippen molar-refractivity contribution in [1.29, 1.82) is 0 Å². The zero-order valence-corrected chi connectivity index (χ0v) is 13.5. The Labute approximate surface area is 142 Å². The van der Waals surface area contributed by atoms with Gasteiger partial charge in [0.15, 0.2) is 0 Å². The SMILES string of the molecule is NC(=O)c1ccc(SCC(=O)NCC2CNCC2O)c([N+](=O)[O-])c1. The molecule has 1 aromatic carbocycles. The number of nitrogens with one attached hydrogen (secondary N) is 2. The fraction of sp³-hybridized carbons (Fsp3) is 0.429. The summed E-state index contributed by atoms with van der Waals surface area (Å²) in [6.07, 6.45) is -0.486. The van der Waals surface area contributed by atoms with Crippen molar-refractivity contribution in [2.75, 3.05) is 25.4 Å². The number of carbonyl (C=O) groups excluding carboxylic acids is 2. The number of amides is 2. The van der Waals surface area contributed by atoms with Crippen molar-refractivity contribution < 1.29 is 19.6 Å². The number of rotatable bonds is 7. The van der Waals surface area contributed by atoms with E-state index in [1.165, 1.54) is 12.1 Å². The maximum absolute atomic E-state index is 11.9. The van der Waals surface area contributed by atoms with Crippen LogP contribution in [0.4, 0.5) is 5.69 Å². The summed E-state index contributed by atoms with van der Waals surface area (Å²) in [5.41, 5.74) is 4.88. The van der Waals surface area contributed by atoms with Gasteiger partial charge in [-0.2, -0.15) is 0 Å². The van der Waals surface area contributed by atoms with E-state index < -0.39 is 16.9 Å². The molecule has 24 heavy (non-hydrogen) atoms. The minimum absolute atomic E-state index is 0.00694. The predicted octanol–water partition coefficient (Wildman–Crippen LogP) is -0.518. The molecule has 1 aliphatic heterocycles. The zero-order valence-electron chi connectivity index (χ0n) is 12.7. The molecule has 0 radical (unpaired) electrons. The van der Waals surface area contributed by atoms with Crippen LogP contribution in [0.15, 0.2) is 23.1 Å². The molecule has 1 fully saturated rings. The van der Waals surface area contributed by atoms with Crippen molar-refractivity contribution in [2.45, 2.75) is 11.0 Å². The molecule has 9 nitrogen and oxygen atoms in total. The summed E-state index contributed by atoms with van der Waals surface area (Å²) in [5.74, 6) is -1.08. The summed E-state index contributed by atoms with van der Waals surface area (Å²) >= 11 is 1.00. The highest BCUT2D eigenvalue weighted by Crippen LogP contribution is 2.29. The van der Waals surface area contributed by atoms with Crippen LogP contribution in [0.5, 0.6) is 0 Å². The molecule has 0 saturated carbocycles. The first-order valence-corrected chi connectivity index (χ1v) is 8.23. The molecule has 0 bridgehead atoms. The Bertz CT molecular complexity index is 654. The Morgan fingerprint density at radius 3 is 2.79 bits per heavy atom. The van der Waals surface area contributed by atoms with Gasteiger partial charge in [-0.25, -0.2) is 0 Å². The molecule has 2 rings (SSSR count). The summed E-state index contributed by atoms with van der Waals surface area (Å²) < 4.78 is 0. The molecule has 0 spiro atoms. The fourth-order valence-electron chi connectivity index (χ4n) is 2.30. The van der Waals surface area contributed by atoms with E-state index in [4.69, 9.17) is 5.73 Å². The van der Waals surface area contributed by atoms with Gasteiger partial charge >= 0.3 is 0 Å². The number of thioether (sulfide) groups is 1. The Kier molecular flexibility index (Phi) is 6.12. The maximum Gasteiger partial charge on any atom is 0.283 e. The van der Waals surface area contributed by atoms with Gasteiger partial charge in [-0.1, -0.05) is 0 Å². The highest BCUT2D eigenvalue weighted by atomic mass is 32.2. The highest BCUT2D eigenvalue weighted by molar-refractivity contribution is 8.00. The van der Waals surface area contributed by atoms with Gasteiger partial charge in [0.25, 0.3) is 5.69 Å². The third kappa shape index (κ3) is 4.66.